The highest BCUT2D eigenvalue weighted by atomic mass is 16.5. The molecule has 2 heteroatoms. The Kier molecular flexibility index (Phi) is 2.59. The molecule has 1 aliphatic heterocycles. The quantitative estimate of drug-likeness (QED) is 0.732. The Morgan fingerprint density at radius 3 is 2.45 bits per heavy atom. The predicted molar refractivity (Wildman–Crippen MR) is 81.1 cm³/mol. The molecule has 0 saturated heterocycles. The highest BCUT2D eigenvalue weighted by Crippen LogP contribution is 2.45. The average molecular weight is 261 g/mol. The Morgan fingerprint density at radius 1 is 0.800 bits per heavy atom. The normalized spacial score (nSPS) is 16.5. The summed E-state index contributed by atoms with van der Waals surface area (Å²) in [5.74, 6) is 1.89. The maximum absolute atomic E-state index is 6.04. The van der Waals surface area contributed by atoms with Crippen LogP contribution in [0.15, 0.2) is 78.2 Å². The number of ether oxygens (including phenoxy) is 1. The zero-order valence-corrected chi connectivity index (χ0v) is 11.1. The standard InChI is InChI=1S/C18H15NO/c1-2-8-14(9-3-1)19-15-10-4-6-12-17(15)20-18-13-7-5-11-16(18)19/h1-4,6,8-13H,5,7H2. The van der Waals surface area contributed by atoms with Crippen molar-refractivity contribution in [3.05, 3.63) is 78.2 Å². The molecular weight excluding hydrogens is 246 g/mol. The maximum Gasteiger partial charge on any atom is 0.151 e. The van der Waals surface area contributed by atoms with Crippen molar-refractivity contribution in [2.24, 2.45) is 0 Å². The molecule has 2 aromatic rings. The number of anilines is 2. The summed E-state index contributed by atoms with van der Waals surface area (Å²) < 4.78 is 6.04. The smallest absolute Gasteiger partial charge is 0.151 e. The van der Waals surface area contributed by atoms with Crippen LogP contribution in [0.2, 0.25) is 0 Å². The van der Waals surface area contributed by atoms with Crippen LogP contribution in [-0.4, -0.2) is 0 Å². The van der Waals surface area contributed by atoms with Gasteiger partial charge in [-0.1, -0.05) is 36.4 Å². The van der Waals surface area contributed by atoms with Crippen molar-refractivity contribution >= 4 is 11.4 Å². The molecule has 0 amide bonds. The number of hydrogen-bond acceptors (Lipinski definition) is 2. The van der Waals surface area contributed by atoms with E-state index in [9.17, 15) is 0 Å². The molecule has 0 atom stereocenters. The molecule has 1 heterocycles. The lowest BCUT2D eigenvalue weighted by molar-refractivity contribution is 0.417. The van der Waals surface area contributed by atoms with E-state index in [-0.39, 0.29) is 0 Å². The van der Waals surface area contributed by atoms with Crippen LogP contribution < -0.4 is 9.64 Å². The minimum Gasteiger partial charge on any atom is -0.453 e. The molecule has 0 unspecified atom stereocenters. The lowest BCUT2D eigenvalue weighted by Crippen LogP contribution is -2.26. The van der Waals surface area contributed by atoms with E-state index in [0.29, 0.717) is 0 Å². The number of fused-ring (bicyclic) bond motifs is 2. The summed E-state index contributed by atoms with van der Waals surface area (Å²) in [6.07, 6.45) is 6.55. The Labute approximate surface area is 118 Å². The van der Waals surface area contributed by atoms with Crippen LogP contribution in [0, 0.1) is 0 Å². The highest BCUT2D eigenvalue weighted by Gasteiger charge is 2.28. The van der Waals surface area contributed by atoms with Crippen LogP contribution in [0.3, 0.4) is 0 Å². The molecule has 1 aliphatic carbocycles. The summed E-state index contributed by atoms with van der Waals surface area (Å²) in [5.41, 5.74) is 3.42. The van der Waals surface area contributed by atoms with Gasteiger partial charge in [-0.05, 0) is 43.2 Å². The van der Waals surface area contributed by atoms with Gasteiger partial charge in [0.1, 0.15) is 5.76 Å². The Hall–Kier alpha value is -2.48. The molecule has 20 heavy (non-hydrogen) atoms. The zero-order chi connectivity index (χ0) is 13.4. The van der Waals surface area contributed by atoms with Gasteiger partial charge in [0.15, 0.2) is 5.75 Å². The Morgan fingerprint density at radius 2 is 1.55 bits per heavy atom. The van der Waals surface area contributed by atoms with Crippen LogP contribution in [0.5, 0.6) is 5.75 Å². The summed E-state index contributed by atoms with van der Waals surface area (Å²) in [5, 5.41) is 0. The number of hydrogen-bond donors (Lipinski definition) is 0. The first-order chi connectivity index (χ1) is 9.93. The van der Waals surface area contributed by atoms with Crippen LogP contribution in [0.25, 0.3) is 0 Å². The topological polar surface area (TPSA) is 12.5 Å². The monoisotopic (exact) mass is 261 g/mol. The molecule has 0 bridgehead atoms. The van der Waals surface area contributed by atoms with Crippen molar-refractivity contribution in [3.63, 3.8) is 0 Å². The molecular formula is C18H15NO. The average Bonchev–Trinajstić information content (AvgIpc) is 2.53. The fourth-order valence-corrected chi connectivity index (χ4v) is 2.77. The van der Waals surface area contributed by atoms with Gasteiger partial charge in [-0.3, -0.25) is 0 Å². The third-order valence-electron chi connectivity index (χ3n) is 3.67. The lowest BCUT2D eigenvalue weighted by atomic mass is 10.0. The molecule has 0 aromatic heterocycles. The summed E-state index contributed by atoms with van der Waals surface area (Å²) in [6, 6.07) is 18.6. The van der Waals surface area contributed by atoms with E-state index >= 15 is 0 Å². The Bertz CT molecular complexity index is 700. The van der Waals surface area contributed by atoms with Crippen LogP contribution >= 0.6 is 0 Å². The van der Waals surface area contributed by atoms with E-state index in [1.807, 2.05) is 18.2 Å². The minimum atomic E-state index is 0.918. The second-order valence-electron chi connectivity index (χ2n) is 4.98. The highest BCUT2D eigenvalue weighted by molar-refractivity contribution is 5.78. The van der Waals surface area contributed by atoms with Crippen LogP contribution in [0.4, 0.5) is 11.4 Å². The molecule has 0 N–H and O–H groups in total. The first-order valence-electron chi connectivity index (χ1n) is 6.96. The first kappa shape index (κ1) is 11.4. The van der Waals surface area contributed by atoms with E-state index in [2.05, 4.69) is 53.5 Å². The molecule has 2 aliphatic rings. The summed E-state index contributed by atoms with van der Waals surface area (Å²) >= 11 is 0. The predicted octanol–water partition coefficient (Wildman–Crippen LogP) is 4.78. The van der Waals surface area contributed by atoms with Crippen LogP contribution in [0.1, 0.15) is 12.8 Å². The number of benzene rings is 2. The van der Waals surface area contributed by atoms with Gasteiger partial charge in [0.25, 0.3) is 0 Å². The fraction of sp³-hybridized carbons (Fsp3) is 0.111. The van der Waals surface area contributed by atoms with E-state index in [4.69, 9.17) is 4.74 Å². The van der Waals surface area contributed by atoms with Gasteiger partial charge in [0.05, 0.1) is 11.4 Å². The van der Waals surface area contributed by atoms with E-state index in [0.717, 1.165) is 35.7 Å². The van der Waals surface area contributed by atoms with Gasteiger partial charge in [-0.15, -0.1) is 0 Å². The number of nitrogens with zero attached hydrogens (tertiary/aromatic N) is 1. The zero-order valence-electron chi connectivity index (χ0n) is 11.1. The largest absolute Gasteiger partial charge is 0.453 e. The van der Waals surface area contributed by atoms with Crippen LogP contribution in [-0.2, 0) is 0 Å². The molecule has 98 valence electrons. The van der Waals surface area contributed by atoms with Crippen molar-refractivity contribution in [2.45, 2.75) is 12.8 Å². The third kappa shape index (κ3) is 1.73. The molecule has 0 spiro atoms. The maximum atomic E-state index is 6.04. The third-order valence-corrected chi connectivity index (χ3v) is 3.67. The molecule has 0 saturated carbocycles. The van der Waals surface area contributed by atoms with Crippen molar-refractivity contribution < 1.29 is 4.74 Å². The summed E-state index contributed by atoms with van der Waals surface area (Å²) in [6.45, 7) is 0. The number of rotatable bonds is 1. The molecule has 4 rings (SSSR count). The SMILES string of the molecule is C1=C2Oc3ccccc3N(c3ccccc3)C2=CCC1. The van der Waals surface area contributed by atoms with Crippen molar-refractivity contribution in [3.8, 4) is 5.75 Å². The van der Waals surface area contributed by atoms with E-state index in [1.54, 1.807) is 0 Å². The van der Waals surface area contributed by atoms with Crippen molar-refractivity contribution in [1.29, 1.82) is 0 Å². The summed E-state index contributed by atoms with van der Waals surface area (Å²) in [4.78, 5) is 2.28. The first-order valence-corrected chi connectivity index (χ1v) is 6.96. The Balaban J connectivity index is 1.94. The second kappa shape index (κ2) is 4.57. The molecule has 2 aromatic carbocycles. The summed E-state index contributed by atoms with van der Waals surface area (Å²) in [7, 11) is 0. The van der Waals surface area contributed by atoms with E-state index < -0.39 is 0 Å². The molecule has 0 fully saturated rings. The van der Waals surface area contributed by atoms with Gasteiger partial charge >= 0.3 is 0 Å². The number of para-hydroxylation sites is 3. The van der Waals surface area contributed by atoms with Crippen molar-refractivity contribution in [2.75, 3.05) is 4.90 Å². The minimum absolute atomic E-state index is 0.918. The second-order valence-corrected chi connectivity index (χ2v) is 4.98. The fourth-order valence-electron chi connectivity index (χ4n) is 2.77. The van der Waals surface area contributed by atoms with Gasteiger partial charge in [-0.2, -0.15) is 0 Å². The van der Waals surface area contributed by atoms with Gasteiger partial charge in [0.2, 0.25) is 0 Å². The lowest BCUT2D eigenvalue weighted by Gasteiger charge is -2.36. The van der Waals surface area contributed by atoms with Crippen molar-refractivity contribution in [1.82, 2.24) is 0 Å². The van der Waals surface area contributed by atoms with Gasteiger partial charge < -0.3 is 9.64 Å². The van der Waals surface area contributed by atoms with E-state index in [1.165, 1.54) is 5.69 Å². The van der Waals surface area contributed by atoms with Gasteiger partial charge in [-0.25, -0.2) is 0 Å². The molecule has 0 radical (unpaired) electrons. The number of allylic oxidation sites excluding steroid dienone is 2. The molecule has 2 nitrogen and oxygen atoms in total. The van der Waals surface area contributed by atoms with Gasteiger partial charge in [0, 0.05) is 5.69 Å².